The Morgan fingerprint density at radius 2 is 1.90 bits per heavy atom. The molecule has 2 N–H and O–H groups in total. The molecule has 0 bridgehead atoms. The molecule has 0 fully saturated rings. The smallest absolute Gasteiger partial charge is 0.189 e. The van der Waals surface area contributed by atoms with Crippen molar-refractivity contribution in [2.75, 3.05) is 5.73 Å². The summed E-state index contributed by atoms with van der Waals surface area (Å²) < 4.78 is 15.0. The van der Waals surface area contributed by atoms with Crippen LogP contribution in [-0.2, 0) is 0 Å². The maximum absolute atomic E-state index is 13.5. The Morgan fingerprint density at radius 3 is 2.71 bits per heavy atom. The van der Waals surface area contributed by atoms with Crippen molar-refractivity contribution < 1.29 is 4.39 Å². The zero-order valence-corrected chi connectivity index (χ0v) is 11.7. The van der Waals surface area contributed by atoms with Crippen molar-refractivity contribution in [3.63, 3.8) is 0 Å². The molecule has 0 aliphatic heterocycles. The highest BCUT2D eigenvalue weighted by molar-refractivity contribution is 5.75. The van der Waals surface area contributed by atoms with Gasteiger partial charge in [-0.15, -0.1) is 5.10 Å². The van der Waals surface area contributed by atoms with Gasteiger partial charge in [-0.05, 0) is 53.6 Å². The number of hydrogen-bond acceptors (Lipinski definition) is 4. The number of halogens is 1. The van der Waals surface area contributed by atoms with E-state index >= 15 is 0 Å². The second-order valence-electron chi connectivity index (χ2n) is 4.88. The summed E-state index contributed by atoms with van der Waals surface area (Å²) in [5.74, 6) is 0.152. The van der Waals surface area contributed by atoms with E-state index in [9.17, 15) is 4.39 Å². The maximum Gasteiger partial charge on any atom is 0.189 e. The van der Waals surface area contributed by atoms with Crippen LogP contribution in [0.25, 0.3) is 17.1 Å². The molecule has 0 saturated heterocycles. The van der Waals surface area contributed by atoms with Crippen molar-refractivity contribution in [2.24, 2.45) is 0 Å². The molecule has 0 atom stereocenters. The Bertz CT molecular complexity index is 793. The molecule has 0 aliphatic carbocycles. The molecule has 106 valence electrons. The predicted molar refractivity (Wildman–Crippen MR) is 78.4 cm³/mol. The zero-order valence-electron chi connectivity index (χ0n) is 11.7. The number of tetrazole rings is 1. The Labute approximate surface area is 121 Å². The molecule has 5 nitrogen and oxygen atoms in total. The quantitative estimate of drug-likeness (QED) is 0.734. The number of benzene rings is 2. The maximum atomic E-state index is 13.5. The van der Waals surface area contributed by atoms with Crippen molar-refractivity contribution >= 4 is 5.69 Å². The van der Waals surface area contributed by atoms with E-state index in [0.717, 1.165) is 16.7 Å². The third kappa shape index (κ3) is 2.24. The fourth-order valence-corrected chi connectivity index (χ4v) is 2.20. The number of aryl methyl sites for hydroxylation is 2. The van der Waals surface area contributed by atoms with Crippen LogP contribution >= 0.6 is 0 Å². The van der Waals surface area contributed by atoms with Gasteiger partial charge in [0.25, 0.3) is 0 Å². The van der Waals surface area contributed by atoms with Crippen molar-refractivity contribution in [2.45, 2.75) is 13.8 Å². The summed E-state index contributed by atoms with van der Waals surface area (Å²) in [6, 6.07) is 10.2. The highest BCUT2D eigenvalue weighted by atomic mass is 19.1. The fourth-order valence-electron chi connectivity index (χ4n) is 2.20. The fraction of sp³-hybridized carbons (Fsp3) is 0.133. The number of nitrogens with two attached hydrogens (primary N) is 1. The predicted octanol–water partition coefficient (Wildman–Crippen LogP) is 2.67. The van der Waals surface area contributed by atoms with Crippen LogP contribution in [0.5, 0.6) is 0 Å². The van der Waals surface area contributed by atoms with E-state index in [2.05, 4.69) is 15.5 Å². The molecule has 3 aromatic rings. The summed E-state index contributed by atoms with van der Waals surface area (Å²) in [5.41, 5.74) is 9.85. The minimum absolute atomic E-state index is 0.339. The second-order valence-corrected chi connectivity index (χ2v) is 4.88. The molecule has 0 unspecified atom stereocenters. The highest BCUT2D eigenvalue weighted by Gasteiger charge is 2.16. The first kappa shape index (κ1) is 13.2. The second kappa shape index (κ2) is 4.97. The van der Waals surface area contributed by atoms with E-state index in [1.165, 1.54) is 16.8 Å². The number of para-hydroxylation sites is 1. The standard InChI is InChI=1S/C15H14FN5/c1-9-6-7-11(16)8-13(9)21-15(18-19-20-21)12-5-3-4-10(2)14(12)17/h3-8H,17H2,1-2H3. The third-order valence-electron chi connectivity index (χ3n) is 3.43. The van der Waals surface area contributed by atoms with E-state index in [-0.39, 0.29) is 5.82 Å². The van der Waals surface area contributed by atoms with Crippen molar-refractivity contribution in [3.05, 3.63) is 53.3 Å². The molecule has 0 aliphatic rings. The number of rotatable bonds is 2. The molecule has 1 aromatic heterocycles. The van der Waals surface area contributed by atoms with Crippen LogP contribution in [0, 0.1) is 19.7 Å². The SMILES string of the molecule is Cc1ccc(F)cc1-n1nnnc1-c1cccc(C)c1N. The van der Waals surface area contributed by atoms with E-state index in [0.29, 0.717) is 17.2 Å². The molecule has 0 radical (unpaired) electrons. The van der Waals surface area contributed by atoms with Crippen LogP contribution in [0.4, 0.5) is 10.1 Å². The number of nitrogen functional groups attached to an aromatic ring is 1. The molecule has 1 heterocycles. The largest absolute Gasteiger partial charge is 0.398 e. The average molecular weight is 283 g/mol. The molecular weight excluding hydrogens is 269 g/mol. The van der Waals surface area contributed by atoms with Crippen LogP contribution in [0.3, 0.4) is 0 Å². The number of hydrogen-bond donors (Lipinski definition) is 1. The first-order valence-corrected chi connectivity index (χ1v) is 6.48. The monoisotopic (exact) mass is 283 g/mol. The van der Waals surface area contributed by atoms with Crippen LogP contribution in [0.15, 0.2) is 36.4 Å². The summed E-state index contributed by atoms with van der Waals surface area (Å²) in [5, 5.41) is 11.7. The van der Waals surface area contributed by atoms with Crippen molar-refractivity contribution in [1.29, 1.82) is 0 Å². The minimum Gasteiger partial charge on any atom is -0.398 e. The van der Waals surface area contributed by atoms with Crippen molar-refractivity contribution in [1.82, 2.24) is 20.2 Å². The summed E-state index contributed by atoms with van der Waals surface area (Å²) in [6.07, 6.45) is 0. The van der Waals surface area contributed by atoms with Gasteiger partial charge in [-0.1, -0.05) is 18.2 Å². The van der Waals surface area contributed by atoms with Gasteiger partial charge < -0.3 is 5.73 Å². The number of aromatic nitrogens is 4. The lowest BCUT2D eigenvalue weighted by atomic mass is 10.1. The van der Waals surface area contributed by atoms with Crippen LogP contribution in [0.1, 0.15) is 11.1 Å². The Balaban J connectivity index is 2.22. The molecule has 0 spiro atoms. The van der Waals surface area contributed by atoms with Gasteiger partial charge in [0.05, 0.1) is 5.69 Å². The van der Waals surface area contributed by atoms with E-state index in [1.807, 2.05) is 32.0 Å². The molecule has 6 heteroatoms. The zero-order chi connectivity index (χ0) is 15.0. The van der Waals surface area contributed by atoms with Gasteiger partial charge in [0, 0.05) is 11.3 Å². The Kier molecular flexibility index (Phi) is 3.13. The lowest BCUT2D eigenvalue weighted by Gasteiger charge is -2.10. The number of nitrogens with zero attached hydrogens (tertiary/aromatic N) is 4. The molecule has 3 rings (SSSR count). The third-order valence-corrected chi connectivity index (χ3v) is 3.43. The average Bonchev–Trinajstić information content (AvgIpc) is 2.93. The lowest BCUT2D eigenvalue weighted by Crippen LogP contribution is -2.04. The van der Waals surface area contributed by atoms with Crippen LogP contribution < -0.4 is 5.73 Å². The summed E-state index contributed by atoms with van der Waals surface area (Å²) in [6.45, 7) is 3.79. The highest BCUT2D eigenvalue weighted by Crippen LogP contribution is 2.28. The van der Waals surface area contributed by atoms with Crippen LogP contribution in [0.2, 0.25) is 0 Å². The molecule has 0 saturated carbocycles. The summed E-state index contributed by atoms with van der Waals surface area (Å²) >= 11 is 0. The first-order chi connectivity index (χ1) is 10.1. The van der Waals surface area contributed by atoms with E-state index < -0.39 is 0 Å². The summed E-state index contributed by atoms with van der Waals surface area (Å²) in [4.78, 5) is 0. The topological polar surface area (TPSA) is 69.6 Å². The Hall–Kier alpha value is -2.76. The van der Waals surface area contributed by atoms with Crippen molar-refractivity contribution in [3.8, 4) is 17.1 Å². The van der Waals surface area contributed by atoms with Gasteiger partial charge in [-0.3, -0.25) is 0 Å². The molecule has 21 heavy (non-hydrogen) atoms. The molecule has 0 amide bonds. The lowest BCUT2D eigenvalue weighted by molar-refractivity contribution is 0.624. The Morgan fingerprint density at radius 1 is 1.10 bits per heavy atom. The van der Waals surface area contributed by atoms with E-state index in [1.54, 1.807) is 6.07 Å². The number of anilines is 1. The van der Waals surface area contributed by atoms with Gasteiger partial charge in [-0.25, -0.2) is 4.39 Å². The first-order valence-electron chi connectivity index (χ1n) is 6.48. The van der Waals surface area contributed by atoms with Gasteiger partial charge in [0.2, 0.25) is 0 Å². The van der Waals surface area contributed by atoms with Gasteiger partial charge in [0.1, 0.15) is 5.82 Å². The minimum atomic E-state index is -0.339. The molecule has 2 aromatic carbocycles. The van der Waals surface area contributed by atoms with E-state index in [4.69, 9.17) is 5.73 Å². The molecular formula is C15H14FN5. The van der Waals surface area contributed by atoms with Gasteiger partial charge >= 0.3 is 0 Å². The normalized spacial score (nSPS) is 10.8. The summed E-state index contributed by atoms with van der Waals surface area (Å²) in [7, 11) is 0. The van der Waals surface area contributed by atoms with Gasteiger partial charge in [-0.2, -0.15) is 4.68 Å². The van der Waals surface area contributed by atoms with Crippen LogP contribution in [-0.4, -0.2) is 20.2 Å². The van der Waals surface area contributed by atoms with Gasteiger partial charge in [0.15, 0.2) is 5.82 Å².